The summed E-state index contributed by atoms with van der Waals surface area (Å²) in [5.74, 6) is 0.851. The van der Waals surface area contributed by atoms with Crippen LogP contribution in [0.15, 0.2) is 94.7 Å². The molecule has 0 N–H and O–H groups in total. The van der Waals surface area contributed by atoms with Crippen LogP contribution in [-0.4, -0.2) is 75.5 Å². The van der Waals surface area contributed by atoms with Gasteiger partial charge in [-0.15, -0.1) is 0 Å². The fraction of sp³-hybridized carbons (Fsp3) is 0.286. The van der Waals surface area contributed by atoms with Crippen LogP contribution in [0.2, 0.25) is 0 Å². The van der Waals surface area contributed by atoms with Crippen LogP contribution in [0.3, 0.4) is 0 Å². The molecule has 0 atom stereocenters. The van der Waals surface area contributed by atoms with Crippen LogP contribution in [0, 0.1) is 13.8 Å². The van der Waals surface area contributed by atoms with E-state index in [0.29, 0.717) is 22.6 Å². The molecule has 0 aliphatic heterocycles. The van der Waals surface area contributed by atoms with Crippen LogP contribution >= 0.6 is 0 Å². The molecule has 0 heterocycles. The minimum Gasteiger partial charge on any atom is -0.491 e. The summed E-state index contributed by atoms with van der Waals surface area (Å²) < 4.78 is 81.4. The Bertz CT molecular complexity index is 1800. The van der Waals surface area contributed by atoms with E-state index in [9.17, 15) is 21.6 Å². The van der Waals surface area contributed by atoms with Gasteiger partial charge in [-0.2, -0.15) is 16.8 Å². The van der Waals surface area contributed by atoms with E-state index in [1.54, 1.807) is 48.5 Å². The van der Waals surface area contributed by atoms with E-state index in [1.165, 1.54) is 24.3 Å². The molecule has 11 nitrogen and oxygen atoms in total. The van der Waals surface area contributed by atoms with Gasteiger partial charge in [-0.3, -0.25) is 13.2 Å². The van der Waals surface area contributed by atoms with Crippen LogP contribution in [0.4, 0.5) is 0 Å². The Morgan fingerprint density at radius 1 is 0.458 bits per heavy atom. The van der Waals surface area contributed by atoms with Gasteiger partial charge in [0.1, 0.15) is 24.7 Å². The highest BCUT2D eigenvalue weighted by Crippen LogP contribution is 2.39. The van der Waals surface area contributed by atoms with Crippen molar-refractivity contribution in [2.24, 2.45) is 0 Å². The number of carbonyl (C=O) groups excluding carboxylic acids is 1. The topological polar surface area (TPSA) is 141 Å². The predicted molar refractivity (Wildman–Crippen MR) is 177 cm³/mol. The van der Waals surface area contributed by atoms with Gasteiger partial charge in [0.05, 0.1) is 49.4 Å². The van der Waals surface area contributed by atoms with Crippen molar-refractivity contribution in [3.8, 4) is 22.6 Å². The Balaban J connectivity index is 1.00. The summed E-state index contributed by atoms with van der Waals surface area (Å²) in [6, 6.07) is 23.4. The molecule has 0 unspecified atom stereocenters. The molecule has 0 fully saturated rings. The maximum atomic E-state index is 13.2. The van der Waals surface area contributed by atoms with Gasteiger partial charge in [-0.05, 0) is 85.6 Å². The summed E-state index contributed by atoms with van der Waals surface area (Å²) in [7, 11) is -7.70. The van der Waals surface area contributed by atoms with Gasteiger partial charge in [0.15, 0.2) is 5.78 Å². The third kappa shape index (κ3) is 9.07. The molecular formula is C35H36O11S2. The fourth-order valence-electron chi connectivity index (χ4n) is 4.81. The van der Waals surface area contributed by atoms with Crippen LogP contribution in [0.5, 0.6) is 11.5 Å². The fourth-order valence-corrected chi connectivity index (χ4v) is 6.60. The van der Waals surface area contributed by atoms with Gasteiger partial charge in [0, 0.05) is 11.1 Å². The van der Waals surface area contributed by atoms with Gasteiger partial charge >= 0.3 is 0 Å². The monoisotopic (exact) mass is 696 g/mol. The van der Waals surface area contributed by atoms with Crippen LogP contribution in [-0.2, 0) is 38.1 Å². The molecule has 13 heteroatoms. The number of fused-ring (bicyclic) bond motifs is 3. The summed E-state index contributed by atoms with van der Waals surface area (Å²) in [6.45, 7) is 4.39. The summed E-state index contributed by atoms with van der Waals surface area (Å²) in [5.41, 5.74) is 4.51. The predicted octanol–water partition coefficient (Wildman–Crippen LogP) is 5.12. The normalized spacial score (nSPS) is 12.5. The Morgan fingerprint density at radius 3 is 1.23 bits per heavy atom. The summed E-state index contributed by atoms with van der Waals surface area (Å²) in [6.07, 6.45) is 0. The van der Waals surface area contributed by atoms with Crippen molar-refractivity contribution in [1.82, 2.24) is 0 Å². The second kappa shape index (κ2) is 15.9. The first-order valence-corrected chi connectivity index (χ1v) is 18.0. The number of aryl methyl sites for hydroxylation is 2. The average molecular weight is 697 g/mol. The summed E-state index contributed by atoms with van der Waals surface area (Å²) in [4.78, 5) is 13.4. The van der Waals surface area contributed by atoms with Gasteiger partial charge in [0.2, 0.25) is 0 Å². The lowest BCUT2D eigenvalue weighted by Gasteiger charge is -2.10. The first-order valence-electron chi connectivity index (χ1n) is 15.2. The Morgan fingerprint density at radius 2 is 0.833 bits per heavy atom. The molecule has 4 aromatic rings. The number of benzene rings is 4. The van der Waals surface area contributed by atoms with Gasteiger partial charge in [-0.1, -0.05) is 35.4 Å². The van der Waals surface area contributed by atoms with Crippen LogP contribution < -0.4 is 9.47 Å². The molecule has 1 aliphatic carbocycles. The second-order valence-electron chi connectivity index (χ2n) is 10.8. The van der Waals surface area contributed by atoms with E-state index in [1.807, 2.05) is 26.0 Å². The number of hydrogen-bond donors (Lipinski definition) is 0. The third-order valence-electron chi connectivity index (χ3n) is 7.31. The van der Waals surface area contributed by atoms with Gasteiger partial charge in [0.25, 0.3) is 20.2 Å². The molecule has 5 rings (SSSR count). The number of carbonyl (C=O) groups is 1. The highest BCUT2D eigenvalue weighted by Gasteiger charge is 2.27. The Kier molecular flexibility index (Phi) is 11.6. The van der Waals surface area contributed by atoms with Crippen molar-refractivity contribution < 1.29 is 48.9 Å². The van der Waals surface area contributed by atoms with E-state index < -0.39 is 20.2 Å². The van der Waals surface area contributed by atoms with Crippen molar-refractivity contribution in [1.29, 1.82) is 0 Å². The van der Waals surface area contributed by atoms with E-state index in [4.69, 9.17) is 27.3 Å². The van der Waals surface area contributed by atoms with Crippen LogP contribution in [0.1, 0.15) is 27.0 Å². The average Bonchev–Trinajstić information content (AvgIpc) is 3.34. The van der Waals surface area contributed by atoms with Crippen molar-refractivity contribution in [2.75, 3.05) is 52.9 Å². The number of rotatable bonds is 18. The van der Waals surface area contributed by atoms with Crippen molar-refractivity contribution >= 4 is 26.0 Å². The smallest absolute Gasteiger partial charge is 0.297 e. The molecule has 0 saturated heterocycles. The summed E-state index contributed by atoms with van der Waals surface area (Å²) in [5, 5.41) is 0. The number of ether oxygens (including phenoxy) is 4. The van der Waals surface area contributed by atoms with E-state index >= 15 is 0 Å². The standard InChI is InChI=1S/C35H36O11S2/c1-25-3-9-29(10-4-25)47(37,38)45-21-17-41-15-19-43-27-7-13-31-32-14-8-28(24-34(32)35(36)33(31)23-27)44-20-16-42-18-22-46-48(39,40)30-11-5-26(2)6-12-30/h3-14,23-24H,15-22H2,1-2H3. The minimum absolute atomic E-state index is 0.0657. The number of ketones is 1. The van der Waals surface area contributed by atoms with Crippen molar-refractivity contribution in [2.45, 2.75) is 23.6 Å². The molecule has 0 amide bonds. The van der Waals surface area contributed by atoms with E-state index in [-0.39, 0.29) is 68.4 Å². The van der Waals surface area contributed by atoms with Gasteiger partial charge < -0.3 is 18.9 Å². The lowest BCUT2D eigenvalue weighted by molar-refractivity contribution is 0.0778. The lowest BCUT2D eigenvalue weighted by atomic mass is 10.1. The molecular weight excluding hydrogens is 661 g/mol. The van der Waals surface area contributed by atoms with E-state index in [0.717, 1.165) is 22.3 Å². The molecule has 0 bridgehead atoms. The number of hydrogen-bond acceptors (Lipinski definition) is 11. The van der Waals surface area contributed by atoms with Crippen molar-refractivity contribution in [3.05, 3.63) is 107 Å². The lowest BCUT2D eigenvalue weighted by Crippen LogP contribution is -2.14. The largest absolute Gasteiger partial charge is 0.491 e. The SMILES string of the molecule is Cc1ccc(S(=O)(=O)OCCOCCOc2ccc3c(c2)C(=O)c2cc(OCCOCCOS(=O)(=O)c4ccc(C)cc4)ccc2-3)cc1. The highest BCUT2D eigenvalue weighted by atomic mass is 32.2. The third-order valence-corrected chi connectivity index (χ3v) is 9.96. The minimum atomic E-state index is -3.85. The Hall–Kier alpha value is -4.11. The second-order valence-corrected chi connectivity index (χ2v) is 14.1. The molecule has 0 aromatic heterocycles. The maximum absolute atomic E-state index is 13.2. The quantitative estimate of drug-likeness (QED) is 0.0891. The molecule has 1 aliphatic rings. The zero-order valence-electron chi connectivity index (χ0n) is 26.5. The zero-order valence-corrected chi connectivity index (χ0v) is 28.2. The maximum Gasteiger partial charge on any atom is 0.297 e. The molecule has 0 spiro atoms. The summed E-state index contributed by atoms with van der Waals surface area (Å²) >= 11 is 0. The molecule has 0 radical (unpaired) electrons. The Labute approximate surface area is 280 Å². The first-order chi connectivity index (χ1) is 23.0. The molecule has 0 saturated carbocycles. The van der Waals surface area contributed by atoms with Gasteiger partial charge in [-0.25, -0.2) is 0 Å². The van der Waals surface area contributed by atoms with Crippen LogP contribution in [0.25, 0.3) is 11.1 Å². The van der Waals surface area contributed by atoms with E-state index in [2.05, 4.69) is 0 Å². The molecule has 48 heavy (non-hydrogen) atoms. The molecule has 254 valence electrons. The first kappa shape index (κ1) is 35.2. The zero-order chi connectivity index (χ0) is 34.1. The highest BCUT2D eigenvalue weighted by molar-refractivity contribution is 7.87. The molecule has 4 aromatic carbocycles. The van der Waals surface area contributed by atoms with Crippen molar-refractivity contribution in [3.63, 3.8) is 0 Å².